The largest absolute Gasteiger partial charge is 0.502 e. The summed E-state index contributed by atoms with van der Waals surface area (Å²) in [7, 11) is 1.51. The Hall–Kier alpha value is -0.990. The molecule has 52 valence electrons. The van der Waals surface area contributed by atoms with Crippen LogP contribution in [0.1, 0.15) is 13.3 Å². The van der Waals surface area contributed by atoms with E-state index in [2.05, 4.69) is 0 Å². The lowest BCUT2D eigenvalue weighted by Gasteiger charge is -1.94. The molecule has 0 spiro atoms. The van der Waals surface area contributed by atoms with Crippen LogP contribution in [0.15, 0.2) is 11.8 Å². The van der Waals surface area contributed by atoms with E-state index in [4.69, 9.17) is 9.84 Å². The number of carboxylic acid groups (broad SMARTS) is 1. The van der Waals surface area contributed by atoms with E-state index in [-0.39, 0.29) is 6.42 Å². The minimum atomic E-state index is -0.841. The maximum Gasteiger partial charge on any atom is 0.307 e. The van der Waals surface area contributed by atoms with Crippen molar-refractivity contribution in [1.29, 1.82) is 0 Å². The minimum absolute atomic E-state index is 0.0275. The highest BCUT2D eigenvalue weighted by atomic mass is 16.5. The van der Waals surface area contributed by atoms with Crippen molar-refractivity contribution in [3.63, 3.8) is 0 Å². The molecule has 0 radical (unpaired) electrons. The topological polar surface area (TPSA) is 46.5 Å². The Morgan fingerprint density at radius 2 is 2.33 bits per heavy atom. The molecule has 3 nitrogen and oxygen atoms in total. The van der Waals surface area contributed by atoms with Crippen LogP contribution in [0, 0.1) is 0 Å². The van der Waals surface area contributed by atoms with Crippen molar-refractivity contribution in [1.82, 2.24) is 0 Å². The van der Waals surface area contributed by atoms with Gasteiger partial charge in [-0.3, -0.25) is 4.79 Å². The molecule has 0 aromatic heterocycles. The smallest absolute Gasteiger partial charge is 0.307 e. The summed E-state index contributed by atoms with van der Waals surface area (Å²) in [4.78, 5) is 9.92. The Kier molecular flexibility index (Phi) is 3.51. The highest BCUT2D eigenvalue weighted by Gasteiger charge is 1.91. The van der Waals surface area contributed by atoms with Gasteiger partial charge in [-0.1, -0.05) is 0 Å². The van der Waals surface area contributed by atoms with Crippen LogP contribution in [0.5, 0.6) is 0 Å². The third-order valence-corrected chi connectivity index (χ3v) is 0.886. The lowest BCUT2D eigenvalue weighted by atomic mass is 10.4. The van der Waals surface area contributed by atoms with Gasteiger partial charge >= 0.3 is 5.97 Å². The number of hydrogen-bond acceptors (Lipinski definition) is 2. The molecule has 1 N–H and O–H groups in total. The number of methoxy groups -OCH3 is 1. The number of allylic oxidation sites excluding steroid dienone is 1. The zero-order chi connectivity index (χ0) is 7.28. The molecule has 0 saturated heterocycles. The van der Waals surface area contributed by atoms with Crippen molar-refractivity contribution in [2.45, 2.75) is 13.3 Å². The fraction of sp³-hybridized carbons (Fsp3) is 0.500. The van der Waals surface area contributed by atoms with E-state index >= 15 is 0 Å². The molecule has 0 rings (SSSR count). The Balaban J connectivity index is 3.56. The first-order valence-corrected chi connectivity index (χ1v) is 2.59. The number of carbonyl (C=O) groups is 1. The molecule has 0 aliphatic carbocycles. The summed E-state index contributed by atoms with van der Waals surface area (Å²) in [5.41, 5.74) is 0. The van der Waals surface area contributed by atoms with Gasteiger partial charge in [0.15, 0.2) is 0 Å². The molecule has 0 aromatic carbocycles. The second-order valence-electron chi connectivity index (χ2n) is 1.62. The predicted molar refractivity (Wildman–Crippen MR) is 33.0 cm³/mol. The average Bonchev–Trinajstić information content (AvgIpc) is 1.83. The van der Waals surface area contributed by atoms with Crippen molar-refractivity contribution in [3.8, 4) is 0 Å². The Bertz CT molecular complexity index is 126. The maximum atomic E-state index is 9.92. The molecule has 0 aliphatic rings. The lowest BCUT2D eigenvalue weighted by molar-refractivity contribution is -0.136. The quantitative estimate of drug-likeness (QED) is 0.580. The first kappa shape index (κ1) is 8.01. The first-order valence-electron chi connectivity index (χ1n) is 2.59. The molecule has 0 unspecified atom stereocenters. The molecule has 0 heterocycles. The minimum Gasteiger partial charge on any atom is -0.502 e. The van der Waals surface area contributed by atoms with E-state index < -0.39 is 5.97 Å². The Labute approximate surface area is 53.9 Å². The second kappa shape index (κ2) is 3.95. The van der Waals surface area contributed by atoms with Crippen LogP contribution in [0.4, 0.5) is 0 Å². The van der Waals surface area contributed by atoms with Crippen LogP contribution in [0.25, 0.3) is 0 Å². The lowest BCUT2D eigenvalue weighted by Crippen LogP contribution is -1.91. The van der Waals surface area contributed by atoms with Gasteiger partial charge < -0.3 is 9.84 Å². The zero-order valence-corrected chi connectivity index (χ0v) is 5.55. The molecule has 3 heteroatoms. The molecule has 0 atom stereocenters. The Morgan fingerprint density at radius 3 is 2.67 bits per heavy atom. The van der Waals surface area contributed by atoms with E-state index in [9.17, 15) is 4.79 Å². The summed E-state index contributed by atoms with van der Waals surface area (Å²) in [6, 6.07) is 0. The number of aliphatic carboxylic acids is 1. The molecule has 0 aromatic rings. The van der Waals surface area contributed by atoms with E-state index in [1.165, 1.54) is 13.2 Å². The zero-order valence-electron chi connectivity index (χ0n) is 5.55. The molecule has 9 heavy (non-hydrogen) atoms. The first-order chi connectivity index (χ1) is 4.16. The van der Waals surface area contributed by atoms with Crippen molar-refractivity contribution >= 4 is 5.97 Å². The molecular weight excluding hydrogens is 120 g/mol. The molecule has 0 fully saturated rings. The fourth-order valence-electron chi connectivity index (χ4n) is 0.314. The Morgan fingerprint density at radius 1 is 1.78 bits per heavy atom. The maximum absolute atomic E-state index is 9.92. The standard InChI is InChI=1S/C6H10O3/c1-5(9-2)3-4-6(7)8/h3H,4H2,1-2H3,(H,7,8). The third-order valence-electron chi connectivity index (χ3n) is 0.886. The molecule has 0 saturated carbocycles. The summed E-state index contributed by atoms with van der Waals surface area (Å²) in [5, 5.41) is 8.16. The normalized spacial score (nSPS) is 11.1. The van der Waals surface area contributed by atoms with Crippen LogP contribution in [0.2, 0.25) is 0 Å². The van der Waals surface area contributed by atoms with Crippen LogP contribution in [0.3, 0.4) is 0 Å². The monoisotopic (exact) mass is 130 g/mol. The summed E-state index contributed by atoms with van der Waals surface area (Å²) < 4.78 is 4.70. The van der Waals surface area contributed by atoms with Crippen LogP contribution in [-0.4, -0.2) is 18.2 Å². The predicted octanol–water partition coefficient (Wildman–Crippen LogP) is 1.01. The molecule has 0 aliphatic heterocycles. The van der Waals surface area contributed by atoms with Crippen LogP contribution < -0.4 is 0 Å². The SMILES string of the molecule is COC(C)=CCC(=O)O. The number of carboxylic acids is 1. The average molecular weight is 130 g/mol. The van der Waals surface area contributed by atoms with E-state index in [0.717, 1.165) is 0 Å². The van der Waals surface area contributed by atoms with Crippen molar-refractivity contribution in [2.75, 3.05) is 7.11 Å². The van der Waals surface area contributed by atoms with Gasteiger partial charge in [-0.2, -0.15) is 0 Å². The van der Waals surface area contributed by atoms with E-state index in [0.29, 0.717) is 5.76 Å². The van der Waals surface area contributed by atoms with Gasteiger partial charge in [-0.25, -0.2) is 0 Å². The highest BCUT2D eigenvalue weighted by molar-refractivity contribution is 5.68. The van der Waals surface area contributed by atoms with Crippen LogP contribution in [-0.2, 0) is 9.53 Å². The number of hydrogen-bond donors (Lipinski definition) is 1. The van der Waals surface area contributed by atoms with Crippen molar-refractivity contribution < 1.29 is 14.6 Å². The third kappa shape index (κ3) is 4.87. The van der Waals surface area contributed by atoms with Gasteiger partial charge in [0.1, 0.15) is 0 Å². The highest BCUT2D eigenvalue weighted by Crippen LogP contribution is 1.93. The molecule has 0 amide bonds. The van der Waals surface area contributed by atoms with Crippen molar-refractivity contribution in [3.05, 3.63) is 11.8 Å². The summed E-state index contributed by atoms with van der Waals surface area (Å²) in [6.45, 7) is 1.71. The summed E-state index contributed by atoms with van der Waals surface area (Å²) in [5.74, 6) is -0.205. The van der Waals surface area contributed by atoms with Gasteiger partial charge in [0.05, 0.1) is 19.3 Å². The van der Waals surface area contributed by atoms with E-state index in [1.807, 2.05) is 0 Å². The van der Waals surface area contributed by atoms with Gasteiger partial charge in [-0.15, -0.1) is 0 Å². The van der Waals surface area contributed by atoms with E-state index in [1.54, 1.807) is 6.92 Å². The van der Waals surface area contributed by atoms with Gasteiger partial charge in [-0.05, 0) is 13.0 Å². The summed E-state index contributed by atoms with van der Waals surface area (Å²) >= 11 is 0. The molecular formula is C6H10O3. The van der Waals surface area contributed by atoms with Gasteiger partial charge in [0.2, 0.25) is 0 Å². The molecule has 0 bridgehead atoms. The second-order valence-corrected chi connectivity index (χ2v) is 1.62. The summed E-state index contributed by atoms with van der Waals surface area (Å²) in [6.07, 6.45) is 1.54. The fourth-order valence-corrected chi connectivity index (χ4v) is 0.314. The van der Waals surface area contributed by atoms with Gasteiger partial charge in [0, 0.05) is 0 Å². The van der Waals surface area contributed by atoms with Crippen molar-refractivity contribution in [2.24, 2.45) is 0 Å². The number of ether oxygens (including phenoxy) is 1. The number of rotatable bonds is 3. The van der Waals surface area contributed by atoms with Gasteiger partial charge in [0.25, 0.3) is 0 Å². The van der Waals surface area contributed by atoms with Crippen LogP contribution >= 0.6 is 0 Å².